The molecule has 0 aliphatic carbocycles. The van der Waals surface area contributed by atoms with Crippen molar-refractivity contribution in [1.29, 1.82) is 0 Å². The van der Waals surface area contributed by atoms with Crippen LogP contribution in [0, 0.1) is 5.92 Å². The van der Waals surface area contributed by atoms with E-state index in [0.29, 0.717) is 42.7 Å². The van der Waals surface area contributed by atoms with Gasteiger partial charge in [-0.1, -0.05) is 19.9 Å². The highest BCUT2D eigenvalue weighted by atomic mass is 16.6. The number of nitrogens with zero attached hydrogens (tertiary/aromatic N) is 2. The van der Waals surface area contributed by atoms with Crippen molar-refractivity contribution in [3.8, 4) is 11.5 Å². The molecule has 1 aromatic carbocycles. The summed E-state index contributed by atoms with van der Waals surface area (Å²) >= 11 is 0. The summed E-state index contributed by atoms with van der Waals surface area (Å²) in [5.41, 5.74) is 1.62. The molecule has 24 heavy (non-hydrogen) atoms. The lowest BCUT2D eigenvalue weighted by Crippen LogP contribution is -2.32. The van der Waals surface area contributed by atoms with E-state index in [1.54, 1.807) is 12.3 Å². The van der Waals surface area contributed by atoms with Crippen molar-refractivity contribution in [2.75, 3.05) is 19.8 Å². The number of aromatic nitrogens is 2. The number of para-hydroxylation sites is 1. The van der Waals surface area contributed by atoms with Gasteiger partial charge in [-0.05, 0) is 24.1 Å². The van der Waals surface area contributed by atoms with Gasteiger partial charge in [0.2, 0.25) is 0 Å². The predicted octanol–water partition coefficient (Wildman–Crippen LogP) is 2.36. The maximum Gasteiger partial charge on any atom is 0.255 e. The third-order valence-electron chi connectivity index (χ3n) is 4.34. The monoisotopic (exact) mass is 329 g/mol. The molecule has 1 N–H and O–H groups in total. The molecule has 1 aliphatic rings. The molecule has 6 nitrogen and oxygen atoms in total. The highest BCUT2D eigenvalue weighted by molar-refractivity contribution is 5.97. The Bertz CT molecular complexity index is 724. The van der Waals surface area contributed by atoms with Gasteiger partial charge in [-0.25, -0.2) is 0 Å². The molecule has 0 bridgehead atoms. The highest BCUT2D eigenvalue weighted by Crippen LogP contribution is 2.33. The summed E-state index contributed by atoms with van der Waals surface area (Å²) in [6, 6.07) is 7.39. The summed E-state index contributed by atoms with van der Waals surface area (Å²) in [6.45, 7) is 5.80. The van der Waals surface area contributed by atoms with Crippen molar-refractivity contribution in [1.82, 2.24) is 15.1 Å². The first-order chi connectivity index (χ1) is 11.6. The molecule has 0 radical (unpaired) electrons. The second kappa shape index (κ2) is 6.95. The minimum Gasteiger partial charge on any atom is -0.486 e. The average Bonchev–Trinajstić information content (AvgIpc) is 3.00. The Morgan fingerprint density at radius 3 is 2.79 bits per heavy atom. The maximum atomic E-state index is 12.6. The number of fused-ring (bicyclic) bond motifs is 1. The Morgan fingerprint density at radius 1 is 1.29 bits per heavy atom. The molecule has 0 saturated carbocycles. The molecular weight excluding hydrogens is 306 g/mol. The average molecular weight is 329 g/mol. The van der Waals surface area contributed by atoms with Crippen LogP contribution in [0.5, 0.6) is 11.5 Å². The fourth-order valence-corrected chi connectivity index (χ4v) is 2.98. The summed E-state index contributed by atoms with van der Waals surface area (Å²) in [6.07, 6.45) is 1.78. The quantitative estimate of drug-likeness (QED) is 0.914. The second-order valence-corrected chi connectivity index (χ2v) is 6.27. The van der Waals surface area contributed by atoms with Gasteiger partial charge >= 0.3 is 0 Å². The highest BCUT2D eigenvalue weighted by Gasteiger charge is 2.23. The molecule has 1 aromatic heterocycles. The van der Waals surface area contributed by atoms with Gasteiger partial charge in [0.1, 0.15) is 13.2 Å². The number of amides is 1. The smallest absolute Gasteiger partial charge is 0.255 e. The number of hydrogen-bond donors (Lipinski definition) is 1. The Balaban J connectivity index is 1.74. The third-order valence-corrected chi connectivity index (χ3v) is 4.34. The molecular formula is C18H23N3O3. The summed E-state index contributed by atoms with van der Waals surface area (Å²) in [5.74, 6) is 1.58. The summed E-state index contributed by atoms with van der Waals surface area (Å²) < 4.78 is 13.0. The zero-order valence-electron chi connectivity index (χ0n) is 14.3. The molecule has 3 rings (SSSR count). The molecule has 1 aliphatic heterocycles. The Labute approximate surface area is 141 Å². The number of ether oxygens (including phenoxy) is 2. The van der Waals surface area contributed by atoms with Crippen molar-refractivity contribution >= 4 is 5.91 Å². The van der Waals surface area contributed by atoms with E-state index in [1.165, 1.54) is 0 Å². The normalized spacial score (nSPS) is 14.5. The number of nitrogens with one attached hydrogen (secondary N) is 1. The van der Waals surface area contributed by atoms with Gasteiger partial charge < -0.3 is 14.8 Å². The minimum atomic E-state index is -0.148. The Kier molecular flexibility index (Phi) is 4.74. The molecule has 6 heteroatoms. The van der Waals surface area contributed by atoms with Crippen molar-refractivity contribution in [2.45, 2.75) is 19.8 Å². The largest absolute Gasteiger partial charge is 0.486 e. The standard InChI is InChI=1S/C18H23N3O3/c1-12(2)14(15-7-8-20-21(15)3)11-19-18(22)13-5-4-6-16-17(13)24-10-9-23-16/h4-8,12,14H,9-11H2,1-3H3,(H,19,22)/t14-/m1/s1. The lowest BCUT2D eigenvalue weighted by molar-refractivity contribution is 0.0937. The van der Waals surface area contributed by atoms with Crippen LogP contribution >= 0.6 is 0 Å². The van der Waals surface area contributed by atoms with E-state index in [4.69, 9.17) is 9.47 Å². The molecule has 0 spiro atoms. The third kappa shape index (κ3) is 3.22. The molecule has 0 saturated heterocycles. The fourth-order valence-electron chi connectivity index (χ4n) is 2.98. The summed E-state index contributed by atoms with van der Waals surface area (Å²) in [7, 11) is 1.92. The van der Waals surface area contributed by atoms with E-state index in [0.717, 1.165) is 5.69 Å². The number of rotatable bonds is 5. The number of carbonyl (C=O) groups excluding carboxylic acids is 1. The van der Waals surface area contributed by atoms with E-state index >= 15 is 0 Å². The number of benzene rings is 1. The van der Waals surface area contributed by atoms with E-state index in [2.05, 4.69) is 24.3 Å². The van der Waals surface area contributed by atoms with Gasteiger partial charge in [0.15, 0.2) is 11.5 Å². The molecule has 0 fully saturated rings. The van der Waals surface area contributed by atoms with Crippen molar-refractivity contribution in [3.63, 3.8) is 0 Å². The molecule has 128 valence electrons. The SMILES string of the molecule is CC(C)[C@@H](CNC(=O)c1cccc2c1OCCO2)c1ccnn1C. The zero-order chi connectivity index (χ0) is 17.1. The molecule has 1 amide bonds. The van der Waals surface area contributed by atoms with Gasteiger partial charge in [0.25, 0.3) is 5.91 Å². The van der Waals surface area contributed by atoms with Crippen LogP contribution in [0.15, 0.2) is 30.5 Å². The Morgan fingerprint density at radius 2 is 2.08 bits per heavy atom. The maximum absolute atomic E-state index is 12.6. The zero-order valence-corrected chi connectivity index (χ0v) is 14.3. The van der Waals surface area contributed by atoms with Crippen LogP contribution < -0.4 is 14.8 Å². The first-order valence-corrected chi connectivity index (χ1v) is 8.22. The van der Waals surface area contributed by atoms with E-state index < -0.39 is 0 Å². The molecule has 0 unspecified atom stereocenters. The number of carbonyl (C=O) groups is 1. The number of hydrogen-bond acceptors (Lipinski definition) is 4. The van der Waals surface area contributed by atoms with Gasteiger partial charge in [0.05, 0.1) is 5.56 Å². The topological polar surface area (TPSA) is 65.4 Å². The van der Waals surface area contributed by atoms with Gasteiger partial charge in [-0.3, -0.25) is 9.48 Å². The van der Waals surface area contributed by atoms with Crippen LogP contribution in [0.25, 0.3) is 0 Å². The van der Waals surface area contributed by atoms with Crippen LogP contribution in [0.2, 0.25) is 0 Å². The van der Waals surface area contributed by atoms with E-state index in [1.807, 2.05) is 29.9 Å². The minimum absolute atomic E-state index is 0.148. The fraction of sp³-hybridized carbons (Fsp3) is 0.444. The first kappa shape index (κ1) is 16.4. The lowest BCUT2D eigenvalue weighted by atomic mass is 9.92. The van der Waals surface area contributed by atoms with Gasteiger partial charge in [-0.15, -0.1) is 0 Å². The van der Waals surface area contributed by atoms with Crippen molar-refractivity contribution in [3.05, 3.63) is 41.7 Å². The van der Waals surface area contributed by atoms with Gasteiger partial charge in [0, 0.05) is 31.4 Å². The van der Waals surface area contributed by atoms with Crippen LogP contribution in [0.3, 0.4) is 0 Å². The first-order valence-electron chi connectivity index (χ1n) is 8.22. The molecule has 2 heterocycles. The summed E-state index contributed by atoms with van der Waals surface area (Å²) in [5, 5.41) is 7.26. The molecule has 1 atom stereocenters. The van der Waals surface area contributed by atoms with Crippen molar-refractivity contribution < 1.29 is 14.3 Å². The van der Waals surface area contributed by atoms with E-state index in [9.17, 15) is 4.79 Å². The van der Waals surface area contributed by atoms with Crippen LogP contribution in [-0.4, -0.2) is 35.4 Å². The van der Waals surface area contributed by atoms with Crippen LogP contribution in [0.1, 0.15) is 35.8 Å². The van der Waals surface area contributed by atoms with Gasteiger partial charge in [-0.2, -0.15) is 5.10 Å². The van der Waals surface area contributed by atoms with E-state index in [-0.39, 0.29) is 11.8 Å². The van der Waals surface area contributed by atoms with Crippen LogP contribution in [0.4, 0.5) is 0 Å². The van der Waals surface area contributed by atoms with Crippen LogP contribution in [-0.2, 0) is 7.05 Å². The predicted molar refractivity (Wildman–Crippen MR) is 90.6 cm³/mol. The van der Waals surface area contributed by atoms with Crippen molar-refractivity contribution in [2.24, 2.45) is 13.0 Å². The second-order valence-electron chi connectivity index (χ2n) is 6.27. The Hall–Kier alpha value is -2.50. The summed E-state index contributed by atoms with van der Waals surface area (Å²) in [4.78, 5) is 12.6. The molecule has 2 aromatic rings. The lowest BCUT2D eigenvalue weighted by Gasteiger charge is -2.23. The number of aryl methyl sites for hydroxylation is 1.